The van der Waals surface area contributed by atoms with E-state index in [1.54, 1.807) is 72.6 Å². The van der Waals surface area contributed by atoms with Gasteiger partial charge < -0.3 is 11.1 Å². The monoisotopic (exact) mass is 527 g/mol. The van der Waals surface area contributed by atoms with Crippen LogP contribution in [0.15, 0.2) is 96.3 Å². The van der Waals surface area contributed by atoms with E-state index >= 15 is 0 Å². The van der Waals surface area contributed by atoms with Crippen LogP contribution in [0.3, 0.4) is 0 Å². The van der Waals surface area contributed by atoms with E-state index in [-0.39, 0.29) is 16.9 Å². The lowest BCUT2D eigenvalue weighted by Gasteiger charge is -2.19. The summed E-state index contributed by atoms with van der Waals surface area (Å²) >= 11 is 0. The molecule has 2 aromatic carbocycles. The normalized spacial score (nSPS) is 11.6. The Balaban J connectivity index is 1.48. The Labute approximate surface area is 228 Å². The molecule has 0 saturated heterocycles. The number of aromatic amines is 1. The zero-order valence-corrected chi connectivity index (χ0v) is 21.4. The second-order valence-electron chi connectivity index (χ2n) is 9.04. The SMILES string of the molecule is CC(NC(=O)c1c(N)[nH][n+]2cccnc12)c1nc2cccc(C#Cc3ccncc3)c2c(=O)n1-c1ccccc1. The quantitative estimate of drug-likeness (QED) is 0.238. The molecular formula is C30H23N8O2+. The molecule has 0 spiro atoms. The van der Waals surface area contributed by atoms with E-state index < -0.39 is 11.9 Å². The standard InChI is InChI=1S/C30H22N8O2/c1-19(34-29(39)25-26(31)36-37-18-6-15-33-28(25)37)27-35-23-10-5-7-21(12-11-20-13-16-32-17-14-20)24(23)30(40)38(27)22-8-3-2-4-9-22/h2-10,13-19H,1H3,(H3,31,34,36,39)/p+1. The van der Waals surface area contributed by atoms with Crippen molar-refractivity contribution in [1.82, 2.24) is 29.9 Å². The molecule has 0 radical (unpaired) electrons. The molecule has 6 rings (SSSR count). The van der Waals surface area contributed by atoms with Gasteiger partial charge in [-0.15, -0.1) is 4.52 Å². The number of aromatic nitrogens is 6. The number of carbonyl (C=O) groups is 1. The van der Waals surface area contributed by atoms with Crippen molar-refractivity contribution in [1.29, 1.82) is 0 Å². The number of nitrogens with one attached hydrogen (secondary N) is 2. The summed E-state index contributed by atoms with van der Waals surface area (Å²) in [6.45, 7) is 1.77. The van der Waals surface area contributed by atoms with Crippen LogP contribution in [0.25, 0.3) is 22.2 Å². The van der Waals surface area contributed by atoms with Crippen LogP contribution in [0.1, 0.15) is 40.3 Å². The number of benzene rings is 2. The van der Waals surface area contributed by atoms with Gasteiger partial charge in [0.25, 0.3) is 11.5 Å². The summed E-state index contributed by atoms with van der Waals surface area (Å²) < 4.78 is 3.08. The first-order chi connectivity index (χ1) is 19.5. The van der Waals surface area contributed by atoms with Crippen LogP contribution < -0.4 is 21.1 Å². The van der Waals surface area contributed by atoms with E-state index in [1.165, 1.54) is 4.57 Å². The van der Waals surface area contributed by atoms with Crippen molar-refractivity contribution in [2.75, 3.05) is 5.73 Å². The maximum atomic E-state index is 14.1. The molecule has 0 saturated carbocycles. The summed E-state index contributed by atoms with van der Waals surface area (Å²) in [5, 5.41) is 6.24. The zero-order valence-electron chi connectivity index (χ0n) is 21.4. The molecule has 10 heteroatoms. The third-order valence-corrected chi connectivity index (χ3v) is 6.40. The van der Waals surface area contributed by atoms with Crippen molar-refractivity contribution < 1.29 is 9.31 Å². The van der Waals surface area contributed by atoms with Crippen LogP contribution in [-0.4, -0.2) is 30.5 Å². The van der Waals surface area contributed by atoms with Crippen LogP contribution in [-0.2, 0) is 0 Å². The highest BCUT2D eigenvalue weighted by Crippen LogP contribution is 2.21. The first-order valence-corrected chi connectivity index (χ1v) is 12.5. The molecule has 4 heterocycles. The van der Waals surface area contributed by atoms with Gasteiger partial charge >= 0.3 is 5.65 Å². The minimum Gasteiger partial charge on any atom is -0.382 e. The number of hydrogen-bond acceptors (Lipinski definition) is 6. The van der Waals surface area contributed by atoms with Crippen molar-refractivity contribution in [3.63, 3.8) is 0 Å². The number of para-hydroxylation sites is 1. The molecule has 6 aromatic rings. The summed E-state index contributed by atoms with van der Waals surface area (Å²) in [5.74, 6) is 6.29. The minimum absolute atomic E-state index is 0.174. The van der Waals surface area contributed by atoms with Crippen LogP contribution >= 0.6 is 0 Å². The molecule has 194 valence electrons. The first kappa shape index (κ1) is 24.5. The number of fused-ring (bicyclic) bond motifs is 2. The van der Waals surface area contributed by atoms with Crippen LogP contribution in [0, 0.1) is 11.8 Å². The topological polar surface area (TPSA) is 136 Å². The number of amides is 1. The molecule has 1 amide bonds. The Morgan fingerprint density at radius 1 is 1.02 bits per heavy atom. The number of nitrogens with two attached hydrogens (primary N) is 1. The number of H-pyrrole nitrogens is 1. The van der Waals surface area contributed by atoms with Gasteiger partial charge in [0.1, 0.15) is 18.2 Å². The summed E-state index contributed by atoms with van der Waals surface area (Å²) in [4.78, 5) is 40.7. The molecular weight excluding hydrogens is 504 g/mol. The van der Waals surface area contributed by atoms with Crippen molar-refractivity contribution in [3.05, 3.63) is 124 Å². The third-order valence-electron chi connectivity index (χ3n) is 6.40. The smallest absolute Gasteiger partial charge is 0.362 e. The second kappa shape index (κ2) is 10.2. The average Bonchev–Trinajstić information content (AvgIpc) is 3.32. The van der Waals surface area contributed by atoms with Gasteiger partial charge in [0.15, 0.2) is 11.4 Å². The van der Waals surface area contributed by atoms with Crippen molar-refractivity contribution in [3.8, 4) is 17.5 Å². The largest absolute Gasteiger partial charge is 0.382 e. The number of hydrogen-bond donors (Lipinski definition) is 3. The number of anilines is 1. The van der Waals surface area contributed by atoms with Crippen molar-refractivity contribution in [2.24, 2.45) is 0 Å². The fourth-order valence-electron chi connectivity index (χ4n) is 4.55. The highest BCUT2D eigenvalue weighted by atomic mass is 16.2. The predicted octanol–water partition coefficient (Wildman–Crippen LogP) is 2.72. The van der Waals surface area contributed by atoms with Gasteiger partial charge in [-0.1, -0.05) is 36.1 Å². The van der Waals surface area contributed by atoms with E-state index in [4.69, 9.17) is 10.7 Å². The number of nitrogen functional groups attached to an aromatic ring is 1. The van der Waals surface area contributed by atoms with Crippen LogP contribution in [0.5, 0.6) is 0 Å². The maximum Gasteiger partial charge on any atom is 0.362 e. The molecule has 0 fully saturated rings. The number of carbonyl (C=O) groups excluding carboxylic acids is 1. The lowest BCUT2D eigenvalue weighted by atomic mass is 10.1. The zero-order chi connectivity index (χ0) is 27.6. The van der Waals surface area contributed by atoms with E-state index in [0.717, 1.165) is 5.56 Å². The molecule has 0 aliphatic rings. The fourth-order valence-corrected chi connectivity index (χ4v) is 4.55. The molecule has 40 heavy (non-hydrogen) atoms. The third kappa shape index (κ3) is 4.41. The lowest BCUT2D eigenvalue weighted by molar-refractivity contribution is -0.577. The molecule has 0 aliphatic carbocycles. The summed E-state index contributed by atoms with van der Waals surface area (Å²) in [7, 11) is 0. The molecule has 0 bridgehead atoms. The van der Waals surface area contributed by atoms with Gasteiger partial charge in [0, 0.05) is 29.6 Å². The van der Waals surface area contributed by atoms with Crippen LogP contribution in [0.4, 0.5) is 5.82 Å². The van der Waals surface area contributed by atoms with Crippen molar-refractivity contribution >= 4 is 28.3 Å². The average molecular weight is 528 g/mol. The summed E-state index contributed by atoms with van der Waals surface area (Å²) in [5.41, 5.74) is 8.81. The Morgan fingerprint density at radius 3 is 2.62 bits per heavy atom. The van der Waals surface area contributed by atoms with E-state index in [2.05, 4.69) is 32.2 Å². The first-order valence-electron chi connectivity index (χ1n) is 12.5. The molecule has 1 unspecified atom stereocenters. The fraction of sp³-hybridized carbons (Fsp3) is 0.0667. The predicted molar refractivity (Wildman–Crippen MR) is 150 cm³/mol. The highest BCUT2D eigenvalue weighted by Gasteiger charge is 2.27. The van der Waals surface area contributed by atoms with Gasteiger partial charge in [-0.3, -0.25) is 19.1 Å². The molecule has 4 aromatic heterocycles. The molecule has 1 atom stereocenters. The summed E-state index contributed by atoms with van der Waals surface area (Å²) in [6.07, 6.45) is 6.62. The maximum absolute atomic E-state index is 14.1. The van der Waals surface area contributed by atoms with Gasteiger partial charge in [-0.2, -0.15) is 0 Å². The molecule has 0 aliphatic heterocycles. The van der Waals surface area contributed by atoms with Crippen LogP contribution in [0.2, 0.25) is 0 Å². The van der Waals surface area contributed by atoms with E-state index in [0.29, 0.717) is 33.6 Å². The molecule has 4 N–H and O–H groups in total. The Morgan fingerprint density at radius 2 is 1.82 bits per heavy atom. The molecule has 10 nitrogen and oxygen atoms in total. The Hall–Kier alpha value is -5.82. The Kier molecular flexibility index (Phi) is 6.22. The number of pyridine rings is 1. The van der Waals surface area contributed by atoms with Gasteiger partial charge in [0.2, 0.25) is 0 Å². The van der Waals surface area contributed by atoms with E-state index in [1.807, 2.05) is 30.3 Å². The second-order valence-corrected chi connectivity index (χ2v) is 9.04. The van der Waals surface area contributed by atoms with Crippen molar-refractivity contribution in [2.45, 2.75) is 13.0 Å². The number of rotatable bonds is 4. The van der Waals surface area contributed by atoms with Gasteiger partial charge in [-0.05, 0) is 48.3 Å². The lowest BCUT2D eigenvalue weighted by Crippen LogP contribution is -2.34. The number of nitrogens with zero attached hydrogens (tertiary/aromatic N) is 5. The minimum atomic E-state index is -0.672. The van der Waals surface area contributed by atoms with E-state index in [9.17, 15) is 9.59 Å². The van der Waals surface area contributed by atoms with Gasteiger partial charge in [0.05, 0.1) is 22.6 Å². The Bertz CT molecular complexity index is 2000. The highest BCUT2D eigenvalue weighted by molar-refractivity contribution is 6.03. The summed E-state index contributed by atoms with van der Waals surface area (Å²) in [6, 6.07) is 19.2. The van der Waals surface area contributed by atoms with Gasteiger partial charge in [-0.25, -0.2) is 10.1 Å².